The molecule has 0 radical (unpaired) electrons. The molecule has 2 rings (SSSR count). The summed E-state index contributed by atoms with van der Waals surface area (Å²) in [6, 6.07) is 12.7. The fourth-order valence-corrected chi connectivity index (χ4v) is 1.40. The van der Waals surface area contributed by atoms with E-state index in [1.54, 1.807) is 0 Å². The number of rotatable bonds is 5. The monoisotopic (exact) mass is 250 g/mol. The third-order valence-corrected chi connectivity index (χ3v) is 2.26. The largest absolute Gasteiger partial charge is 0.490 e. The molecule has 0 atom stereocenters. The maximum Gasteiger partial charge on any atom is 0.162 e. The minimum Gasteiger partial charge on any atom is -0.490 e. The van der Waals surface area contributed by atoms with Crippen LogP contribution in [-0.4, -0.2) is 13.2 Å². The predicted molar refractivity (Wildman–Crippen MR) is 63.8 cm³/mol. The van der Waals surface area contributed by atoms with Crippen molar-refractivity contribution >= 4 is 0 Å². The summed E-state index contributed by atoms with van der Waals surface area (Å²) in [7, 11) is 0. The first-order valence-electron chi connectivity index (χ1n) is 5.51. The lowest BCUT2D eigenvalue weighted by atomic mass is 10.3. The molecule has 0 N–H and O–H groups in total. The van der Waals surface area contributed by atoms with E-state index in [9.17, 15) is 8.78 Å². The van der Waals surface area contributed by atoms with Crippen molar-refractivity contribution < 1.29 is 18.3 Å². The number of ether oxygens (including phenoxy) is 2. The minimum absolute atomic E-state index is 0.264. The highest BCUT2D eigenvalue weighted by atomic mass is 19.2. The van der Waals surface area contributed by atoms with E-state index in [1.165, 1.54) is 6.07 Å². The molecule has 0 bridgehead atoms. The zero-order valence-corrected chi connectivity index (χ0v) is 9.61. The summed E-state index contributed by atoms with van der Waals surface area (Å²) < 4.78 is 36.1. The van der Waals surface area contributed by atoms with Gasteiger partial charge in [0.25, 0.3) is 0 Å². The summed E-state index contributed by atoms with van der Waals surface area (Å²) >= 11 is 0. The van der Waals surface area contributed by atoms with Crippen LogP contribution in [-0.2, 0) is 0 Å². The number of benzene rings is 2. The summed E-state index contributed by atoms with van der Waals surface area (Å²) in [6.07, 6.45) is 0. The molecule has 0 amide bonds. The van der Waals surface area contributed by atoms with Gasteiger partial charge in [0.1, 0.15) is 24.7 Å². The average Bonchev–Trinajstić information content (AvgIpc) is 2.40. The lowest BCUT2D eigenvalue weighted by Gasteiger charge is -2.08. The number of para-hydroxylation sites is 1. The molecular weight excluding hydrogens is 238 g/mol. The molecule has 18 heavy (non-hydrogen) atoms. The van der Waals surface area contributed by atoms with Crippen LogP contribution in [0.1, 0.15) is 0 Å². The van der Waals surface area contributed by atoms with E-state index < -0.39 is 11.6 Å². The maximum atomic E-state index is 12.9. The molecule has 0 fully saturated rings. The zero-order valence-electron chi connectivity index (χ0n) is 9.61. The van der Waals surface area contributed by atoms with Gasteiger partial charge < -0.3 is 9.47 Å². The van der Waals surface area contributed by atoms with E-state index in [-0.39, 0.29) is 12.4 Å². The fourth-order valence-electron chi connectivity index (χ4n) is 1.40. The van der Waals surface area contributed by atoms with Crippen LogP contribution in [0.25, 0.3) is 0 Å². The Morgan fingerprint density at radius 3 is 2.06 bits per heavy atom. The Morgan fingerprint density at radius 1 is 0.722 bits per heavy atom. The van der Waals surface area contributed by atoms with Gasteiger partial charge in [0.2, 0.25) is 0 Å². The predicted octanol–water partition coefficient (Wildman–Crippen LogP) is 3.42. The second-order valence-corrected chi connectivity index (χ2v) is 3.59. The van der Waals surface area contributed by atoms with Gasteiger partial charge in [0.05, 0.1) is 0 Å². The Bertz CT molecular complexity index is 500. The van der Waals surface area contributed by atoms with Crippen LogP contribution in [0.2, 0.25) is 0 Å². The summed E-state index contributed by atoms with van der Waals surface area (Å²) in [5, 5.41) is 0. The Hall–Kier alpha value is -2.10. The number of hydrogen-bond acceptors (Lipinski definition) is 2. The second-order valence-electron chi connectivity index (χ2n) is 3.59. The lowest BCUT2D eigenvalue weighted by molar-refractivity contribution is 0.216. The molecule has 0 spiro atoms. The molecule has 94 valence electrons. The summed E-state index contributed by atoms with van der Waals surface area (Å²) in [6.45, 7) is 0.600. The molecule has 0 aliphatic heterocycles. The lowest BCUT2D eigenvalue weighted by Crippen LogP contribution is -2.09. The Kier molecular flexibility index (Phi) is 4.12. The molecule has 2 aromatic carbocycles. The average molecular weight is 250 g/mol. The highest BCUT2D eigenvalue weighted by molar-refractivity contribution is 5.23. The quantitative estimate of drug-likeness (QED) is 0.757. The second kappa shape index (κ2) is 6.00. The third-order valence-electron chi connectivity index (χ3n) is 2.26. The van der Waals surface area contributed by atoms with E-state index >= 15 is 0 Å². The standard InChI is InChI=1S/C14H12F2O2/c15-13-7-6-12(10-14(13)16)18-9-8-17-11-4-2-1-3-5-11/h1-7,10H,8-9H2. The highest BCUT2D eigenvalue weighted by Crippen LogP contribution is 2.15. The van der Waals surface area contributed by atoms with Gasteiger partial charge in [-0.25, -0.2) is 8.78 Å². The van der Waals surface area contributed by atoms with Gasteiger partial charge in [-0.2, -0.15) is 0 Å². The molecule has 2 aromatic rings. The molecule has 0 saturated heterocycles. The smallest absolute Gasteiger partial charge is 0.162 e. The van der Waals surface area contributed by atoms with Crippen LogP contribution < -0.4 is 9.47 Å². The maximum absolute atomic E-state index is 12.9. The first kappa shape index (κ1) is 12.4. The van der Waals surface area contributed by atoms with E-state index in [0.29, 0.717) is 6.61 Å². The zero-order chi connectivity index (χ0) is 12.8. The van der Waals surface area contributed by atoms with E-state index in [1.807, 2.05) is 30.3 Å². The molecule has 2 nitrogen and oxygen atoms in total. The molecule has 0 heterocycles. The van der Waals surface area contributed by atoms with Crippen LogP contribution in [0, 0.1) is 11.6 Å². The van der Waals surface area contributed by atoms with Crippen molar-refractivity contribution in [3.8, 4) is 11.5 Å². The van der Waals surface area contributed by atoms with Crippen LogP contribution in [0.4, 0.5) is 8.78 Å². The van der Waals surface area contributed by atoms with Crippen molar-refractivity contribution in [1.82, 2.24) is 0 Å². The van der Waals surface area contributed by atoms with Gasteiger partial charge in [-0.3, -0.25) is 0 Å². The van der Waals surface area contributed by atoms with Crippen LogP contribution in [0.15, 0.2) is 48.5 Å². The van der Waals surface area contributed by atoms with Crippen molar-refractivity contribution in [3.05, 3.63) is 60.2 Å². The summed E-state index contributed by atoms with van der Waals surface area (Å²) in [5.74, 6) is -0.781. The van der Waals surface area contributed by atoms with Gasteiger partial charge in [-0.15, -0.1) is 0 Å². The molecule has 0 aromatic heterocycles. The van der Waals surface area contributed by atoms with Crippen LogP contribution in [0.5, 0.6) is 11.5 Å². The van der Waals surface area contributed by atoms with Crippen molar-refractivity contribution in [1.29, 1.82) is 0 Å². The van der Waals surface area contributed by atoms with Gasteiger partial charge in [-0.1, -0.05) is 18.2 Å². The molecule has 4 heteroatoms. The van der Waals surface area contributed by atoms with Gasteiger partial charge in [0.15, 0.2) is 11.6 Å². The molecular formula is C14H12F2O2. The number of hydrogen-bond donors (Lipinski definition) is 0. The molecule has 0 unspecified atom stereocenters. The van der Waals surface area contributed by atoms with Crippen molar-refractivity contribution in [3.63, 3.8) is 0 Å². The molecule has 0 saturated carbocycles. The Morgan fingerprint density at radius 2 is 1.39 bits per heavy atom. The van der Waals surface area contributed by atoms with Crippen molar-refractivity contribution in [2.45, 2.75) is 0 Å². The van der Waals surface area contributed by atoms with E-state index in [0.717, 1.165) is 17.9 Å². The van der Waals surface area contributed by atoms with Gasteiger partial charge in [-0.05, 0) is 24.3 Å². The van der Waals surface area contributed by atoms with Crippen molar-refractivity contribution in [2.24, 2.45) is 0 Å². The van der Waals surface area contributed by atoms with Crippen LogP contribution in [0.3, 0.4) is 0 Å². The highest BCUT2D eigenvalue weighted by Gasteiger charge is 2.02. The van der Waals surface area contributed by atoms with Crippen LogP contribution >= 0.6 is 0 Å². The first-order valence-corrected chi connectivity index (χ1v) is 5.51. The normalized spacial score (nSPS) is 10.1. The minimum atomic E-state index is -0.920. The first-order chi connectivity index (χ1) is 8.75. The third kappa shape index (κ3) is 3.45. The Labute approximate surface area is 104 Å². The summed E-state index contributed by atoms with van der Waals surface area (Å²) in [4.78, 5) is 0. The SMILES string of the molecule is Fc1ccc(OCCOc2ccccc2)cc1F. The number of halogens is 2. The molecule has 0 aliphatic carbocycles. The van der Waals surface area contributed by atoms with Gasteiger partial charge in [0, 0.05) is 6.07 Å². The van der Waals surface area contributed by atoms with E-state index in [4.69, 9.17) is 9.47 Å². The van der Waals surface area contributed by atoms with Gasteiger partial charge >= 0.3 is 0 Å². The molecule has 0 aliphatic rings. The Balaban J connectivity index is 1.77. The summed E-state index contributed by atoms with van der Waals surface area (Å²) in [5.41, 5.74) is 0. The fraction of sp³-hybridized carbons (Fsp3) is 0.143. The van der Waals surface area contributed by atoms with Crippen molar-refractivity contribution in [2.75, 3.05) is 13.2 Å². The van der Waals surface area contributed by atoms with E-state index in [2.05, 4.69) is 0 Å². The topological polar surface area (TPSA) is 18.5 Å².